The van der Waals surface area contributed by atoms with Crippen molar-refractivity contribution >= 4 is 5.90 Å². The van der Waals surface area contributed by atoms with Crippen LogP contribution >= 0.6 is 0 Å². The molecule has 0 spiro atoms. The van der Waals surface area contributed by atoms with Gasteiger partial charge in [0.05, 0.1) is 0 Å². The van der Waals surface area contributed by atoms with Gasteiger partial charge in [0.25, 0.3) is 0 Å². The molecular formula is C10H15NO. The third-order valence-corrected chi connectivity index (χ3v) is 2.05. The van der Waals surface area contributed by atoms with Crippen LogP contribution in [0.2, 0.25) is 0 Å². The van der Waals surface area contributed by atoms with Crippen molar-refractivity contribution in [3.8, 4) is 0 Å². The van der Waals surface area contributed by atoms with Gasteiger partial charge in [-0.25, -0.2) is 4.99 Å². The molecule has 0 saturated heterocycles. The fourth-order valence-electron chi connectivity index (χ4n) is 0.873. The van der Waals surface area contributed by atoms with E-state index in [4.69, 9.17) is 4.74 Å². The second-order valence-corrected chi connectivity index (χ2v) is 3.47. The Bertz CT molecular complexity index is 272. The predicted octanol–water partition coefficient (Wildman–Crippen LogP) is 2.67. The molecule has 2 heteroatoms. The number of nitrogens with zero attached hydrogens (tertiary/aromatic N) is 1. The average Bonchev–Trinajstić information content (AvgIpc) is 2.25. The lowest BCUT2D eigenvalue weighted by Crippen LogP contribution is -2.14. The zero-order valence-electron chi connectivity index (χ0n) is 8.14. The Kier molecular flexibility index (Phi) is 2.09. The summed E-state index contributed by atoms with van der Waals surface area (Å²) in [5.41, 5.74) is 0.793. The van der Waals surface area contributed by atoms with E-state index in [9.17, 15) is 0 Å². The van der Waals surface area contributed by atoms with Gasteiger partial charge in [0, 0.05) is 5.57 Å². The lowest BCUT2D eigenvalue weighted by molar-refractivity contribution is 0.384. The summed E-state index contributed by atoms with van der Waals surface area (Å²) in [5.74, 6) is 1.42. The Balaban J connectivity index is 2.94. The van der Waals surface area contributed by atoms with Gasteiger partial charge in [-0.05, 0) is 27.7 Å². The van der Waals surface area contributed by atoms with Gasteiger partial charge < -0.3 is 4.74 Å². The molecule has 0 radical (unpaired) electrons. The van der Waals surface area contributed by atoms with Crippen LogP contribution in [-0.2, 0) is 4.74 Å². The molecule has 0 amide bonds. The van der Waals surface area contributed by atoms with Crippen molar-refractivity contribution in [2.24, 2.45) is 4.99 Å². The maximum absolute atomic E-state index is 5.42. The van der Waals surface area contributed by atoms with Crippen molar-refractivity contribution in [3.63, 3.8) is 0 Å². The largest absolute Gasteiger partial charge is 0.442 e. The number of hydrogen-bond donors (Lipinski definition) is 0. The van der Waals surface area contributed by atoms with Crippen molar-refractivity contribution in [1.29, 1.82) is 0 Å². The minimum absolute atomic E-state index is 0.264. The third-order valence-electron chi connectivity index (χ3n) is 2.05. The predicted molar refractivity (Wildman–Crippen MR) is 51.2 cm³/mol. The molecular weight excluding hydrogens is 150 g/mol. The van der Waals surface area contributed by atoms with E-state index >= 15 is 0 Å². The van der Waals surface area contributed by atoms with Crippen LogP contribution in [0.4, 0.5) is 0 Å². The number of ether oxygens (including phenoxy) is 1. The topological polar surface area (TPSA) is 21.6 Å². The molecule has 0 fully saturated rings. The van der Waals surface area contributed by atoms with Crippen LogP contribution in [0.3, 0.4) is 0 Å². The highest BCUT2D eigenvalue weighted by Crippen LogP contribution is 2.28. The Labute approximate surface area is 73.6 Å². The number of hydrogen-bond acceptors (Lipinski definition) is 2. The first kappa shape index (κ1) is 9.04. The van der Waals surface area contributed by atoms with Gasteiger partial charge >= 0.3 is 0 Å². The molecule has 1 heterocycles. The first-order chi connectivity index (χ1) is 5.47. The van der Waals surface area contributed by atoms with Crippen molar-refractivity contribution in [3.05, 3.63) is 24.0 Å². The molecule has 2 nitrogen and oxygen atoms in total. The molecule has 0 aliphatic carbocycles. The van der Waals surface area contributed by atoms with E-state index in [1.54, 1.807) is 0 Å². The van der Waals surface area contributed by atoms with E-state index in [-0.39, 0.29) is 5.54 Å². The monoisotopic (exact) mass is 165 g/mol. The van der Waals surface area contributed by atoms with Gasteiger partial charge in [-0.15, -0.1) is 0 Å². The van der Waals surface area contributed by atoms with Crippen LogP contribution in [0.1, 0.15) is 27.7 Å². The Hall–Kier alpha value is -1.05. The second-order valence-electron chi connectivity index (χ2n) is 3.47. The summed E-state index contributed by atoms with van der Waals surface area (Å²) in [6, 6.07) is 0. The summed E-state index contributed by atoms with van der Waals surface area (Å²) in [5, 5.41) is 0. The fourth-order valence-corrected chi connectivity index (χ4v) is 0.873. The molecule has 0 unspecified atom stereocenters. The maximum Gasteiger partial charge on any atom is 0.217 e. The maximum atomic E-state index is 5.42. The minimum Gasteiger partial charge on any atom is -0.442 e. The van der Waals surface area contributed by atoms with Gasteiger partial charge in [-0.3, -0.25) is 0 Å². The van der Waals surface area contributed by atoms with Crippen LogP contribution < -0.4 is 0 Å². The van der Waals surface area contributed by atoms with E-state index in [0.29, 0.717) is 5.90 Å². The molecule has 0 aromatic carbocycles. The molecule has 1 aliphatic rings. The lowest BCUT2D eigenvalue weighted by Gasteiger charge is -2.11. The molecule has 1 aliphatic heterocycles. The Morgan fingerprint density at radius 2 is 2.17 bits per heavy atom. The Morgan fingerprint density at radius 1 is 1.58 bits per heavy atom. The smallest absolute Gasteiger partial charge is 0.217 e. The van der Waals surface area contributed by atoms with Gasteiger partial charge in [-0.1, -0.05) is 12.7 Å². The van der Waals surface area contributed by atoms with Crippen molar-refractivity contribution in [2.75, 3.05) is 0 Å². The molecule has 1 rings (SSSR count). The second kappa shape index (κ2) is 2.77. The summed E-state index contributed by atoms with van der Waals surface area (Å²) in [4.78, 5) is 4.40. The highest BCUT2D eigenvalue weighted by molar-refractivity contribution is 5.95. The number of aliphatic imine (C=N–C) groups is 1. The molecule has 0 N–H and O–H groups in total. The molecule has 0 bridgehead atoms. The SMILES string of the molecule is C=C1OC(/C(C)=C/C)=NC1(C)C. The first-order valence-corrected chi connectivity index (χ1v) is 4.08. The molecule has 0 aromatic heterocycles. The standard InChI is InChI=1S/C10H15NO/c1-6-7(2)9-11-10(4,5)8(3)12-9/h6H,3H2,1-2,4-5H3/b7-6+. The quantitative estimate of drug-likeness (QED) is 0.585. The average molecular weight is 165 g/mol. The van der Waals surface area contributed by atoms with Crippen LogP contribution in [0.15, 0.2) is 29.0 Å². The highest BCUT2D eigenvalue weighted by Gasteiger charge is 2.31. The third kappa shape index (κ3) is 1.42. The van der Waals surface area contributed by atoms with Crippen LogP contribution in [-0.4, -0.2) is 11.4 Å². The van der Waals surface area contributed by atoms with Gasteiger partial charge in [-0.2, -0.15) is 0 Å². The lowest BCUT2D eigenvalue weighted by atomic mass is 10.1. The van der Waals surface area contributed by atoms with Gasteiger partial charge in [0.2, 0.25) is 5.90 Å². The van der Waals surface area contributed by atoms with Gasteiger partial charge in [0.1, 0.15) is 11.3 Å². The normalized spacial score (nSPS) is 22.2. The fraction of sp³-hybridized carbons (Fsp3) is 0.500. The summed E-state index contributed by atoms with van der Waals surface area (Å²) >= 11 is 0. The molecule has 66 valence electrons. The first-order valence-electron chi connectivity index (χ1n) is 4.08. The summed E-state index contributed by atoms with van der Waals surface area (Å²) in [6.07, 6.45) is 1.98. The van der Waals surface area contributed by atoms with Crippen molar-refractivity contribution in [1.82, 2.24) is 0 Å². The van der Waals surface area contributed by atoms with E-state index in [1.165, 1.54) is 0 Å². The van der Waals surface area contributed by atoms with E-state index < -0.39 is 0 Å². The summed E-state index contributed by atoms with van der Waals surface area (Å²) in [7, 11) is 0. The summed E-state index contributed by atoms with van der Waals surface area (Å²) in [6.45, 7) is 11.7. The van der Waals surface area contributed by atoms with Crippen molar-refractivity contribution < 1.29 is 4.74 Å². The van der Waals surface area contributed by atoms with Crippen LogP contribution in [0, 0.1) is 0 Å². The van der Waals surface area contributed by atoms with Gasteiger partial charge in [0.15, 0.2) is 0 Å². The van der Waals surface area contributed by atoms with E-state index in [2.05, 4.69) is 11.6 Å². The molecule has 12 heavy (non-hydrogen) atoms. The molecule has 0 atom stereocenters. The summed E-state index contributed by atoms with van der Waals surface area (Å²) < 4.78 is 5.42. The number of rotatable bonds is 1. The molecule has 0 aromatic rings. The van der Waals surface area contributed by atoms with Crippen LogP contribution in [0.5, 0.6) is 0 Å². The highest BCUT2D eigenvalue weighted by atomic mass is 16.5. The van der Waals surface area contributed by atoms with E-state index in [0.717, 1.165) is 11.3 Å². The van der Waals surface area contributed by atoms with E-state index in [1.807, 2.05) is 33.8 Å². The zero-order valence-corrected chi connectivity index (χ0v) is 8.14. The zero-order chi connectivity index (χ0) is 9.35. The number of allylic oxidation sites excluding steroid dienone is 1. The van der Waals surface area contributed by atoms with Crippen molar-refractivity contribution in [2.45, 2.75) is 33.2 Å². The molecule has 0 saturated carbocycles. The minimum atomic E-state index is -0.264. The Morgan fingerprint density at radius 3 is 2.50 bits per heavy atom. The van der Waals surface area contributed by atoms with Crippen LogP contribution in [0.25, 0.3) is 0 Å².